The summed E-state index contributed by atoms with van der Waals surface area (Å²) in [7, 11) is 0.235. The maximum absolute atomic E-state index is 12.9. The van der Waals surface area contributed by atoms with Gasteiger partial charge in [-0.1, -0.05) is 31.4 Å². The van der Waals surface area contributed by atoms with Crippen LogP contribution >= 0.6 is 0 Å². The largest absolute Gasteiger partial charge is 0.378 e. The Labute approximate surface area is 163 Å². The fourth-order valence-electron chi connectivity index (χ4n) is 3.45. The lowest BCUT2D eigenvalue weighted by molar-refractivity contribution is 0.557. The van der Waals surface area contributed by atoms with Crippen molar-refractivity contribution in [2.75, 3.05) is 41.7 Å². The molecule has 1 aliphatic heterocycles. The zero-order valence-corrected chi connectivity index (χ0v) is 17.0. The molecule has 1 heterocycles. The summed E-state index contributed by atoms with van der Waals surface area (Å²) in [4.78, 5) is 4.53. The molecule has 0 radical (unpaired) electrons. The van der Waals surface area contributed by atoms with Crippen LogP contribution in [-0.2, 0) is 10.0 Å². The molecule has 0 amide bonds. The Bertz CT molecular complexity index is 840. The zero-order valence-electron chi connectivity index (χ0n) is 16.2. The fourth-order valence-corrected chi connectivity index (χ4v) is 4.53. The molecule has 1 aliphatic rings. The van der Waals surface area contributed by atoms with E-state index in [1.54, 1.807) is 12.1 Å². The Balaban J connectivity index is 1.84. The number of nitrogens with zero attached hydrogens (tertiary/aromatic N) is 2. The van der Waals surface area contributed by atoms with E-state index >= 15 is 0 Å². The van der Waals surface area contributed by atoms with Crippen molar-refractivity contribution < 1.29 is 8.42 Å². The summed E-state index contributed by atoms with van der Waals surface area (Å²) in [5, 5.41) is 0. The summed E-state index contributed by atoms with van der Waals surface area (Å²) in [5.74, 6) is 0. The van der Waals surface area contributed by atoms with Crippen molar-refractivity contribution in [2.24, 2.45) is 0 Å². The quantitative estimate of drug-likeness (QED) is 0.830. The van der Waals surface area contributed by atoms with Gasteiger partial charge in [-0.05, 0) is 49.2 Å². The number of hydrogen-bond donors (Lipinski definition) is 1. The van der Waals surface area contributed by atoms with Gasteiger partial charge in [0.15, 0.2) is 0 Å². The lowest BCUT2D eigenvalue weighted by atomic mass is 10.1. The van der Waals surface area contributed by atoms with Crippen LogP contribution in [0, 0.1) is 0 Å². The van der Waals surface area contributed by atoms with E-state index in [9.17, 15) is 8.42 Å². The van der Waals surface area contributed by atoms with E-state index in [0.717, 1.165) is 37.3 Å². The van der Waals surface area contributed by atoms with E-state index in [0.29, 0.717) is 5.69 Å². The highest BCUT2D eigenvalue weighted by Gasteiger charge is 2.19. The normalized spacial score (nSPS) is 15.7. The first kappa shape index (κ1) is 19.5. The monoisotopic (exact) mass is 387 g/mol. The highest BCUT2D eigenvalue weighted by Crippen LogP contribution is 2.30. The van der Waals surface area contributed by atoms with Gasteiger partial charge in [-0.3, -0.25) is 4.72 Å². The van der Waals surface area contributed by atoms with Crippen molar-refractivity contribution in [3.8, 4) is 0 Å². The summed E-state index contributed by atoms with van der Waals surface area (Å²) in [6, 6.07) is 14.6. The number of anilines is 3. The molecule has 1 fully saturated rings. The molecule has 1 N–H and O–H groups in total. The number of sulfonamides is 1. The van der Waals surface area contributed by atoms with Crippen LogP contribution in [0.5, 0.6) is 0 Å². The van der Waals surface area contributed by atoms with E-state index in [4.69, 9.17) is 0 Å². The molecule has 27 heavy (non-hydrogen) atoms. The smallest absolute Gasteiger partial charge is 0.261 e. The SMILES string of the molecule is CN(C)c1ccc(S(=O)(=O)Nc2ccccc2N2CCCCCCC2)cc1. The van der Waals surface area contributed by atoms with E-state index in [1.807, 2.05) is 55.4 Å². The van der Waals surface area contributed by atoms with Crippen LogP contribution in [0.4, 0.5) is 17.1 Å². The van der Waals surface area contributed by atoms with Crippen molar-refractivity contribution in [3.05, 3.63) is 48.5 Å². The van der Waals surface area contributed by atoms with Gasteiger partial charge in [0.2, 0.25) is 0 Å². The summed E-state index contributed by atoms with van der Waals surface area (Å²) in [6.07, 6.45) is 6.07. The van der Waals surface area contributed by atoms with Crippen molar-refractivity contribution in [1.82, 2.24) is 0 Å². The van der Waals surface area contributed by atoms with Crippen LogP contribution in [0.25, 0.3) is 0 Å². The average Bonchev–Trinajstić information content (AvgIpc) is 2.62. The van der Waals surface area contributed by atoms with Crippen LogP contribution in [0.15, 0.2) is 53.4 Å². The third-order valence-electron chi connectivity index (χ3n) is 5.01. The molecule has 0 atom stereocenters. The first-order valence-electron chi connectivity index (χ1n) is 9.61. The number of benzene rings is 2. The van der Waals surface area contributed by atoms with Gasteiger partial charge in [0.25, 0.3) is 10.0 Å². The molecule has 146 valence electrons. The minimum atomic E-state index is -3.63. The zero-order chi connectivity index (χ0) is 19.3. The minimum Gasteiger partial charge on any atom is -0.378 e. The number of hydrogen-bond acceptors (Lipinski definition) is 4. The third kappa shape index (κ3) is 4.95. The number of para-hydroxylation sites is 2. The lowest BCUT2D eigenvalue weighted by Gasteiger charge is -2.29. The average molecular weight is 388 g/mol. The molecule has 2 aromatic rings. The summed E-state index contributed by atoms with van der Waals surface area (Å²) >= 11 is 0. The number of rotatable bonds is 5. The maximum Gasteiger partial charge on any atom is 0.261 e. The standard InChI is InChI=1S/C21H29N3O2S/c1-23(2)18-12-14-19(15-13-18)27(25,26)22-20-10-6-7-11-21(20)24-16-8-4-3-5-9-17-24/h6-7,10-15,22H,3-5,8-9,16-17H2,1-2H3. The van der Waals surface area contributed by atoms with Gasteiger partial charge in [-0.2, -0.15) is 0 Å². The lowest BCUT2D eigenvalue weighted by Crippen LogP contribution is -2.28. The molecular formula is C21H29N3O2S. The first-order chi connectivity index (χ1) is 13.0. The highest BCUT2D eigenvalue weighted by molar-refractivity contribution is 7.92. The Morgan fingerprint density at radius 3 is 2.07 bits per heavy atom. The number of nitrogens with one attached hydrogen (secondary N) is 1. The van der Waals surface area contributed by atoms with Gasteiger partial charge in [0.1, 0.15) is 0 Å². The van der Waals surface area contributed by atoms with E-state index in [-0.39, 0.29) is 4.90 Å². The Morgan fingerprint density at radius 2 is 1.44 bits per heavy atom. The van der Waals surface area contributed by atoms with E-state index in [1.165, 1.54) is 19.3 Å². The first-order valence-corrected chi connectivity index (χ1v) is 11.1. The molecule has 0 bridgehead atoms. The fraction of sp³-hybridized carbons (Fsp3) is 0.429. The topological polar surface area (TPSA) is 52.7 Å². The highest BCUT2D eigenvalue weighted by atomic mass is 32.2. The van der Waals surface area contributed by atoms with E-state index in [2.05, 4.69) is 9.62 Å². The van der Waals surface area contributed by atoms with Gasteiger partial charge in [0.05, 0.1) is 16.3 Å². The molecule has 1 saturated heterocycles. The Morgan fingerprint density at radius 1 is 0.852 bits per heavy atom. The molecule has 3 rings (SSSR count). The summed E-state index contributed by atoms with van der Waals surface area (Å²) in [5.41, 5.74) is 2.58. The molecule has 2 aromatic carbocycles. The van der Waals surface area contributed by atoms with Crippen molar-refractivity contribution in [2.45, 2.75) is 37.0 Å². The third-order valence-corrected chi connectivity index (χ3v) is 6.39. The van der Waals surface area contributed by atoms with Crippen LogP contribution < -0.4 is 14.5 Å². The Kier molecular flexibility index (Phi) is 6.26. The van der Waals surface area contributed by atoms with Crippen LogP contribution in [0.3, 0.4) is 0 Å². The van der Waals surface area contributed by atoms with Gasteiger partial charge in [-0.25, -0.2) is 8.42 Å². The van der Waals surface area contributed by atoms with Crippen molar-refractivity contribution >= 4 is 27.1 Å². The van der Waals surface area contributed by atoms with Crippen LogP contribution in [0.2, 0.25) is 0 Å². The predicted molar refractivity (Wildman–Crippen MR) is 113 cm³/mol. The molecule has 5 nitrogen and oxygen atoms in total. The molecule has 0 spiro atoms. The molecule has 0 aliphatic carbocycles. The molecule has 6 heteroatoms. The van der Waals surface area contributed by atoms with Crippen LogP contribution in [0.1, 0.15) is 32.1 Å². The molecule has 0 unspecified atom stereocenters. The second-order valence-corrected chi connectivity index (χ2v) is 8.95. The second-order valence-electron chi connectivity index (χ2n) is 7.27. The summed E-state index contributed by atoms with van der Waals surface area (Å²) in [6.45, 7) is 1.94. The van der Waals surface area contributed by atoms with Crippen LogP contribution in [-0.4, -0.2) is 35.6 Å². The van der Waals surface area contributed by atoms with Gasteiger partial charge < -0.3 is 9.80 Å². The predicted octanol–water partition coefficient (Wildman–Crippen LogP) is 4.32. The van der Waals surface area contributed by atoms with Gasteiger partial charge in [0, 0.05) is 32.9 Å². The minimum absolute atomic E-state index is 0.274. The van der Waals surface area contributed by atoms with E-state index < -0.39 is 10.0 Å². The van der Waals surface area contributed by atoms with Gasteiger partial charge >= 0.3 is 0 Å². The molecule has 0 aromatic heterocycles. The van der Waals surface area contributed by atoms with Crippen molar-refractivity contribution in [3.63, 3.8) is 0 Å². The Hall–Kier alpha value is -2.21. The molecular weight excluding hydrogens is 358 g/mol. The maximum atomic E-state index is 12.9. The van der Waals surface area contributed by atoms with Gasteiger partial charge in [-0.15, -0.1) is 0 Å². The second kappa shape index (κ2) is 8.65. The summed E-state index contributed by atoms with van der Waals surface area (Å²) < 4.78 is 28.6. The molecule has 0 saturated carbocycles. The van der Waals surface area contributed by atoms with Crippen molar-refractivity contribution in [1.29, 1.82) is 0 Å².